The third-order valence-corrected chi connectivity index (χ3v) is 9.53. The monoisotopic (exact) mass is 752 g/mol. The van der Waals surface area contributed by atoms with E-state index >= 15 is 0 Å². The summed E-state index contributed by atoms with van der Waals surface area (Å²) in [6.07, 6.45) is 10.3. The van der Waals surface area contributed by atoms with E-state index in [1.54, 1.807) is 79.2 Å². The molecule has 5 rings (SSSR count). The molecule has 0 unspecified atom stereocenters. The van der Waals surface area contributed by atoms with Crippen LogP contribution in [-0.2, 0) is 0 Å². The molecule has 290 valence electrons. The first-order chi connectivity index (χ1) is 27.3. The Morgan fingerprint density at radius 1 is 0.536 bits per heavy atom. The van der Waals surface area contributed by atoms with Gasteiger partial charge in [0.25, 0.3) is 0 Å². The summed E-state index contributed by atoms with van der Waals surface area (Å²) in [6, 6.07) is 35.7. The number of esters is 2. The van der Waals surface area contributed by atoms with Crippen LogP contribution in [0.2, 0.25) is 0 Å². The molecule has 5 aromatic rings. The minimum absolute atomic E-state index is 0.252. The van der Waals surface area contributed by atoms with Crippen molar-refractivity contribution < 1.29 is 28.5 Å². The van der Waals surface area contributed by atoms with Crippen LogP contribution < -0.4 is 18.9 Å². The molecule has 0 amide bonds. The highest BCUT2D eigenvalue weighted by Crippen LogP contribution is 2.23. The summed E-state index contributed by atoms with van der Waals surface area (Å²) < 4.78 is 22.9. The van der Waals surface area contributed by atoms with E-state index in [0.29, 0.717) is 24.3 Å². The number of ether oxygens (including phenoxy) is 4. The minimum atomic E-state index is -0.536. The Kier molecular flexibility index (Phi) is 16.0. The fourth-order valence-corrected chi connectivity index (χ4v) is 5.55. The molecule has 5 aromatic carbocycles. The lowest BCUT2D eigenvalue weighted by atomic mass is 10.0. The van der Waals surface area contributed by atoms with Crippen LogP contribution in [0.4, 0.5) is 11.4 Å². The molecule has 0 fully saturated rings. The van der Waals surface area contributed by atoms with Crippen molar-refractivity contribution in [3.63, 3.8) is 0 Å². The fraction of sp³-hybridized carbons (Fsp3) is 0.292. The maximum absolute atomic E-state index is 12.9. The first-order valence-corrected chi connectivity index (χ1v) is 19.6. The van der Waals surface area contributed by atoms with Gasteiger partial charge in [0.05, 0.1) is 35.7 Å². The van der Waals surface area contributed by atoms with E-state index < -0.39 is 11.9 Å². The smallest absolute Gasteiger partial charge is 0.343 e. The topological polar surface area (TPSA) is 95.8 Å². The minimum Gasteiger partial charge on any atom is -0.494 e. The van der Waals surface area contributed by atoms with Gasteiger partial charge < -0.3 is 18.9 Å². The second-order valence-corrected chi connectivity index (χ2v) is 14.0. The van der Waals surface area contributed by atoms with Gasteiger partial charge in [0.1, 0.15) is 23.0 Å². The highest BCUT2D eigenvalue weighted by molar-refractivity contribution is 5.93. The molecule has 0 aromatic heterocycles. The quantitative estimate of drug-likeness (QED) is 0.0340. The number of hydrogen-bond donors (Lipinski definition) is 0. The van der Waals surface area contributed by atoms with Gasteiger partial charge >= 0.3 is 11.9 Å². The largest absolute Gasteiger partial charge is 0.494 e. The second kappa shape index (κ2) is 21.8. The van der Waals surface area contributed by atoms with Crippen LogP contribution in [0.25, 0.3) is 0 Å². The van der Waals surface area contributed by atoms with Gasteiger partial charge in [-0.2, -0.15) is 0 Å². The zero-order chi connectivity index (χ0) is 39.5. The lowest BCUT2D eigenvalue weighted by Gasteiger charge is -2.09. The Morgan fingerprint density at radius 3 is 1.30 bits per heavy atom. The summed E-state index contributed by atoms with van der Waals surface area (Å²) in [5.74, 6) is 2.54. The average molecular weight is 753 g/mol. The molecule has 0 heterocycles. The van der Waals surface area contributed by atoms with E-state index in [0.717, 1.165) is 58.7 Å². The number of carbonyl (C=O) groups excluding carboxylic acids is 2. The van der Waals surface area contributed by atoms with Crippen molar-refractivity contribution in [2.24, 2.45) is 21.8 Å². The van der Waals surface area contributed by atoms with Crippen molar-refractivity contribution in [3.8, 4) is 23.0 Å². The zero-order valence-electron chi connectivity index (χ0n) is 32.9. The van der Waals surface area contributed by atoms with Crippen molar-refractivity contribution in [1.82, 2.24) is 0 Å². The molecule has 0 saturated carbocycles. The highest BCUT2D eigenvalue weighted by Gasteiger charge is 2.12. The van der Waals surface area contributed by atoms with Gasteiger partial charge in [-0.05, 0) is 134 Å². The van der Waals surface area contributed by atoms with Gasteiger partial charge in [-0.1, -0.05) is 70.9 Å². The van der Waals surface area contributed by atoms with E-state index in [-0.39, 0.29) is 11.5 Å². The number of rotatable bonds is 20. The van der Waals surface area contributed by atoms with Crippen molar-refractivity contribution >= 4 is 35.7 Å². The number of benzene rings is 5. The van der Waals surface area contributed by atoms with E-state index in [1.165, 1.54) is 31.7 Å². The van der Waals surface area contributed by atoms with Crippen molar-refractivity contribution in [3.05, 3.63) is 144 Å². The molecule has 0 spiro atoms. The van der Waals surface area contributed by atoms with Gasteiger partial charge in [0.2, 0.25) is 0 Å². The van der Waals surface area contributed by atoms with Crippen molar-refractivity contribution in [2.75, 3.05) is 13.2 Å². The molecular formula is C48H52N2O6. The summed E-state index contributed by atoms with van der Waals surface area (Å²) >= 11 is 0. The van der Waals surface area contributed by atoms with Crippen LogP contribution >= 0.6 is 0 Å². The van der Waals surface area contributed by atoms with Gasteiger partial charge in [-0.25, -0.2) is 9.59 Å². The summed E-state index contributed by atoms with van der Waals surface area (Å²) in [7, 11) is 0. The molecule has 0 bridgehead atoms. The van der Waals surface area contributed by atoms with Crippen LogP contribution in [-0.4, -0.2) is 37.6 Å². The van der Waals surface area contributed by atoms with E-state index in [4.69, 9.17) is 18.9 Å². The van der Waals surface area contributed by atoms with Crippen LogP contribution in [0.3, 0.4) is 0 Å². The van der Waals surface area contributed by atoms with Gasteiger partial charge in [-0.15, -0.1) is 0 Å². The van der Waals surface area contributed by atoms with E-state index in [1.807, 2.05) is 48.5 Å². The molecule has 0 aliphatic rings. The number of nitrogens with zero attached hydrogens (tertiary/aromatic N) is 2. The maximum atomic E-state index is 12.9. The molecule has 0 saturated heterocycles. The SMILES string of the molecule is CC[C@H](C)CCCOc1ccc(N=Cc2ccc(C(=O)Oc3cccc(OC(=O)c4ccc(C=Nc5ccc(OCCC[C@@H](C)CC)cc5)cc4)c3)cc2)cc1. The third kappa shape index (κ3) is 13.7. The van der Waals surface area contributed by atoms with Gasteiger partial charge in [0.15, 0.2) is 0 Å². The van der Waals surface area contributed by atoms with E-state index in [2.05, 4.69) is 37.7 Å². The molecule has 0 aliphatic heterocycles. The lowest BCUT2D eigenvalue weighted by Crippen LogP contribution is -2.10. The predicted octanol–water partition coefficient (Wildman–Crippen LogP) is 12.0. The number of aliphatic imine (C=N–C) groups is 2. The number of hydrogen-bond acceptors (Lipinski definition) is 8. The van der Waals surface area contributed by atoms with Crippen LogP contribution in [0.1, 0.15) is 98.1 Å². The molecule has 0 N–H and O–H groups in total. The fourth-order valence-electron chi connectivity index (χ4n) is 5.55. The summed E-state index contributed by atoms with van der Waals surface area (Å²) in [4.78, 5) is 34.9. The first-order valence-electron chi connectivity index (χ1n) is 19.6. The van der Waals surface area contributed by atoms with Crippen molar-refractivity contribution in [1.29, 1.82) is 0 Å². The first kappa shape index (κ1) is 41.1. The third-order valence-electron chi connectivity index (χ3n) is 9.53. The Bertz CT molecular complexity index is 1880. The average Bonchev–Trinajstić information content (AvgIpc) is 3.23. The molecule has 0 aliphatic carbocycles. The molecule has 2 atom stereocenters. The Balaban J connectivity index is 1.06. The Labute approximate surface area is 331 Å². The number of carbonyl (C=O) groups is 2. The van der Waals surface area contributed by atoms with Crippen molar-refractivity contribution in [2.45, 2.75) is 66.2 Å². The highest BCUT2D eigenvalue weighted by atomic mass is 16.5. The predicted molar refractivity (Wildman–Crippen MR) is 225 cm³/mol. The molecule has 56 heavy (non-hydrogen) atoms. The standard InChI is InChI=1S/C48H52N2O6/c1-5-35(3)10-8-30-53-43-26-22-41(23-27-43)49-33-37-14-18-39(19-15-37)47(51)55-45-12-7-13-46(32-45)56-48(52)40-20-16-38(17-21-40)34-50-42-24-28-44(29-25-42)54-31-9-11-36(4)6-2/h7,12-29,32-36H,5-6,8-11,30-31H2,1-4H3/t35-,36-/m0/s1. The van der Waals surface area contributed by atoms with Crippen LogP contribution in [0.15, 0.2) is 131 Å². The molecule has 8 heteroatoms. The normalized spacial score (nSPS) is 12.4. The zero-order valence-corrected chi connectivity index (χ0v) is 32.9. The summed E-state index contributed by atoms with van der Waals surface area (Å²) in [6.45, 7) is 10.4. The maximum Gasteiger partial charge on any atom is 0.343 e. The molecule has 8 nitrogen and oxygen atoms in total. The lowest BCUT2D eigenvalue weighted by molar-refractivity contribution is 0.0732. The summed E-state index contributed by atoms with van der Waals surface area (Å²) in [5, 5.41) is 0. The Hall–Kier alpha value is -6.02. The van der Waals surface area contributed by atoms with E-state index in [9.17, 15) is 9.59 Å². The summed E-state index contributed by atoms with van der Waals surface area (Å²) in [5.41, 5.74) is 4.01. The van der Waals surface area contributed by atoms with Gasteiger partial charge in [-0.3, -0.25) is 9.98 Å². The van der Waals surface area contributed by atoms with Crippen LogP contribution in [0.5, 0.6) is 23.0 Å². The van der Waals surface area contributed by atoms with Crippen LogP contribution in [0, 0.1) is 11.8 Å². The second-order valence-electron chi connectivity index (χ2n) is 14.0. The van der Waals surface area contributed by atoms with Gasteiger partial charge in [0, 0.05) is 18.5 Å². The Morgan fingerprint density at radius 2 is 0.929 bits per heavy atom. The molecular weight excluding hydrogens is 701 g/mol. The molecule has 0 radical (unpaired) electrons.